The first kappa shape index (κ1) is 25.0. The smallest absolute Gasteiger partial charge is 0.180 e. The SMILES string of the molecule is c1ccc(-c2cccc(-c3ccc(-c4cccc(-c5nc(-c6ccccc6)c6oc7ccccc7c6n5)c4)cc3)c2)cc1. The number of furan rings is 1. The van der Waals surface area contributed by atoms with E-state index >= 15 is 0 Å². The van der Waals surface area contributed by atoms with Crippen LogP contribution in [0.1, 0.15) is 0 Å². The van der Waals surface area contributed by atoms with Gasteiger partial charge in [0, 0.05) is 16.5 Å². The molecule has 2 heterocycles. The summed E-state index contributed by atoms with van der Waals surface area (Å²) >= 11 is 0. The van der Waals surface area contributed by atoms with Crippen molar-refractivity contribution in [1.82, 2.24) is 9.97 Å². The Labute approximate surface area is 249 Å². The van der Waals surface area contributed by atoms with Gasteiger partial charge in [-0.15, -0.1) is 0 Å². The number of fused-ring (bicyclic) bond motifs is 3. The predicted octanol–water partition coefficient (Wildman–Crippen LogP) is 10.7. The van der Waals surface area contributed by atoms with Gasteiger partial charge in [0.15, 0.2) is 11.4 Å². The van der Waals surface area contributed by atoms with E-state index in [1.807, 2.05) is 42.5 Å². The summed E-state index contributed by atoms with van der Waals surface area (Å²) in [5.41, 5.74) is 12.2. The first-order chi connectivity index (χ1) is 21.3. The van der Waals surface area contributed by atoms with Crippen LogP contribution in [0.2, 0.25) is 0 Å². The maximum absolute atomic E-state index is 6.28. The second-order valence-electron chi connectivity index (χ2n) is 10.6. The average molecular weight is 551 g/mol. The zero-order valence-electron chi connectivity index (χ0n) is 23.3. The van der Waals surface area contributed by atoms with Crippen molar-refractivity contribution in [2.45, 2.75) is 0 Å². The van der Waals surface area contributed by atoms with Gasteiger partial charge in [-0.2, -0.15) is 0 Å². The molecule has 8 rings (SSSR count). The zero-order chi connectivity index (χ0) is 28.6. The minimum Gasteiger partial charge on any atom is -0.452 e. The summed E-state index contributed by atoms with van der Waals surface area (Å²) < 4.78 is 6.28. The normalized spacial score (nSPS) is 11.3. The molecule has 0 spiro atoms. The van der Waals surface area contributed by atoms with Gasteiger partial charge in [0.1, 0.15) is 16.8 Å². The largest absolute Gasteiger partial charge is 0.452 e. The van der Waals surface area contributed by atoms with Crippen LogP contribution in [0, 0.1) is 0 Å². The number of rotatable bonds is 5. The van der Waals surface area contributed by atoms with Crippen LogP contribution in [-0.4, -0.2) is 9.97 Å². The van der Waals surface area contributed by atoms with Crippen LogP contribution in [0.15, 0.2) is 162 Å². The van der Waals surface area contributed by atoms with Crippen LogP contribution in [0.4, 0.5) is 0 Å². The number of para-hydroxylation sites is 1. The van der Waals surface area contributed by atoms with Gasteiger partial charge in [0.25, 0.3) is 0 Å². The van der Waals surface area contributed by atoms with E-state index in [1.165, 1.54) is 22.3 Å². The fourth-order valence-corrected chi connectivity index (χ4v) is 5.71. The lowest BCUT2D eigenvalue weighted by Gasteiger charge is -2.09. The number of hydrogen-bond acceptors (Lipinski definition) is 3. The van der Waals surface area contributed by atoms with Crippen molar-refractivity contribution in [3.63, 3.8) is 0 Å². The van der Waals surface area contributed by atoms with Gasteiger partial charge in [0.2, 0.25) is 0 Å². The number of aromatic nitrogens is 2. The van der Waals surface area contributed by atoms with Gasteiger partial charge >= 0.3 is 0 Å². The maximum Gasteiger partial charge on any atom is 0.180 e. The monoisotopic (exact) mass is 550 g/mol. The van der Waals surface area contributed by atoms with E-state index in [2.05, 4.69) is 115 Å². The summed E-state index contributed by atoms with van der Waals surface area (Å²) in [5, 5.41) is 0.987. The fraction of sp³-hybridized carbons (Fsp3) is 0. The van der Waals surface area contributed by atoms with Gasteiger partial charge < -0.3 is 4.42 Å². The summed E-state index contributed by atoms with van der Waals surface area (Å²) in [4.78, 5) is 10.1. The first-order valence-corrected chi connectivity index (χ1v) is 14.4. The Morgan fingerprint density at radius 2 is 0.860 bits per heavy atom. The van der Waals surface area contributed by atoms with Crippen molar-refractivity contribution in [2.24, 2.45) is 0 Å². The van der Waals surface area contributed by atoms with E-state index in [0.717, 1.165) is 44.4 Å². The average Bonchev–Trinajstić information content (AvgIpc) is 3.48. The number of nitrogens with zero attached hydrogens (tertiary/aromatic N) is 2. The highest BCUT2D eigenvalue weighted by Crippen LogP contribution is 2.36. The minimum atomic E-state index is 0.675. The Morgan fingerprint density at radius 1 is 0.372 bits per heavy atom. The van der Waals surface area contributed by atoms with E-state index in [4.69, 9.17) is 14.4 Å². The summed E-state index contributed by atoms with van der Waals surface area (Å²) in [7, 11) is 0. The molecular weight excluding hydrogens is 524 g/mol. The molecule has 0 aliphatic rings. The molecular formula is C40H26N2O. The topological polar surface area (TPSA) is 38.9 Å². The molecule has 0 atom stereocenters. The Bertz CT molecular complexity index is 2220. The van der Waals surface area contributed by atoms with Crippen molar-refractivity contribution >= 4 is 22.1 Å². The molecule has 3 heteroatoms. The third kappa shape index (κ3) is 4.67. The molecule has 0 saturated heterocycles. The highest BCUT2D eigenvalue weighted by atomic mass is 16.3. The first-order valence-electron chi connectivity index (χ1n) is 14.4. The molecule has 0 bridgehead atoms. The second kappa shape index (κ2) is 10.6. The quantitative estimate of drug-likeness (QED) is 0.214. The third-order valence-electron chi connectivity index (χ3n) is 7.91. The zero-order valence-corrected chi connectivity index (χ0v) is 23.3. The summed E-state index contributed by atoms with van der Waals surface area (Å²) in [5.74, 6) is 0.675. The van der Waals surface area contributed by atoms with Crippen molar-refractivity contribution in [1.29, 1.82) is 0 Å². The summed E-state index contributed by atoms with van der Waals surface area (Å²) in [6, 6.07) is 54.6. The van der Waals surface area contributed by atoms with Crippen molar-refractivity contribution < 1.29 is 4.42 Å². The highest BCUT2D eigenvalue weighted by molar-refractivity contribution is 6.07. The molecule has 0 unspecified atom stereocenters. The van der Waals surface area contributed by atoms with Crippen molar-refractivity contribution in [2.75, 3.05) is 0 Å². The molecule has 0 aliphatic heterocycles. The molecule has 43 heavy (non-hydrogen) atoms. The lowest BCUT2D eigenvalue weighted by atomic mass is 9.96. The van der Waals surface area contributed by atoms with Crippen LogP contribution in [0.5, 0.6) is 0 Å². The lowest BCUT2D eigenvalue weighted by molar-refractivity contribution is 0.667. The molecule has 2 aromatic heterocycles. The van der Waals surface area contributed by atoms with Crippen LogP contribution >= 0.6 is 0 Å². The Hall–Kier alpha value is -5.80. The predicted molar refractivity (Wildman–Crippen MR) is 176 cm³/mol. The van der Waals surface area contributed by atoms with Crippen molar-refractivity contribution in [3.8, 4) is 56.0 Å². The van der Waals surface area contributed by atoms with E-state index in [-0.39, 0.29) is 0 Å². The van der Waals surface area contributed by atoms with Crippen LogP contribution in [0.25, 0.3) is 78.1 Å². The summed E-state index contributed by atoms with van der Waals surface area (Å²) in [6.45, 7) is 0. The molecule has 202 valence electrons. The molecule has 0 amide bonds. The molecule has 0 saturated carbocycles. The van der Waals surface area contributed by atoms with Crippen LogP contribution in [0.3, 0.4) is 0 Å². The second-order valence-corrected chi connectivity index (χ2v) is 10.6. The van der Waals surface area contributed by atoms with Crippen LogP contribution in [-0.2, 0) is 0 Å². The molecule has 0 fully saturated rings. The summed E-state index contributed by atoms with van der Waals surface area (Å²) in [6.07, 6.45) is 0. The Balaban J connectivity index is 1.18. The molecule has 3 nitrogen and oxygen atoms in total. The maximum atomic E-state index is 6.28. The standard InChI is InChI=1S/C40H26N2O/c1-3-11-27(12-4-1)31-15-9-16-32(25-31)28-21-23-29(24-22-28)33-17-10-18-34(26-33)40-41-37(30-13-5-2-6-14-30)39-38(42-40)35-19-7-8-20-36(35)43-39/h1-26H. The van der Waals surface area contributed by atoms with E-state index in [0.29, 0.717) is 11.4 Å². The molecule has 0 aliphatic carbocycles. The Morgan fingerprint density at radius 3 is 1.51 bits per heavy atom. The van der Waals surface area contributed by atoms with Gasteiger partial charge in [-0.05, 0) is 57.6 Å². The number of hydrogen-bond donors (Lipinski definition) is 0. The molecule has 0 radical (unpaired) electrons. The van der Waals surface area contributed by atoms with E-state index < -0.39 is 0 Å². The van der Waals surface area contributed by atoms with Gasteiger partial charge in [0.05, 0.1) is 0 Å². The van der Waals surface area contributed by atoms with E-state index in [9.17, 15) is 0 Å². The number of benzene rings is 6. The van der Waals surface area contributed by atoms with Crippen molar-refractivity contribution in [3.05, 3.63) is 158 Å². The van der Waals surface area contributed by atoms with E-state index in [1.54, 1.807) is 0 Å². The Kier molecular flexibility index (Phi) is 6.12. The fourth-order valence-electron chi connectivity index (χ4n) is 5.71. The molecule has 0 N–H and O–H groups in total. The highest BCUT2D eigenvalue weighted by Gasteiger charge is 2.18. The third-order valence-corrected chi connectivity index (χ3v) is 7.91. The van der Waals surface area contributed by atoms with Gasteiger partial charge in [-0.25, -0.2) is 9.97 Å². The van der Waals surface area contributed by atoms with Crippen LogP contribution < -0.4 is 0 Å². The van der Waals surface area contributed by atoms with Gasteiger partial charge in [-0.3, -0.25) is 0 Å². The van der Waals surface area contributed by atoms with Gasteiger partial charge in [-0.1, -0.05) is 133 Å². The molecule has 8 aromatic rings. The lowest BCUT2D eigenvalue weighted by Crippen LogP contribution is -1.94. The minimum absolute atomic E-state index is 0.675. The molecule has 6 aromatic carbocycles.